The van der Waals surface area contributed by atoms with Crippen molar-refractivity contribution >= 4 is 17.5 Å². The number of primary amides is 1. The van der Waals surface area contributed by atoms with Crippen LogP contribution < -0.4 is 5.73 Å². The van der Waals surface area contributed by atoms with E-state index in [0.29, 0.717) is 12.8 Å². The minimum absolute atomic E-state index is 0.0568. The monoisotopic (exact) mass is 243 g/mol. The fraction of sp³-hybridized carbons (Fsp3) is 0.750. The third-order valence-electron chi connectivity index (χ3n) is 2.56. The summed E-state index contributed by atoms with van der Waals surface area (Å²) in [6.07, 6.45) is 1.81. The molecule has 0 aliphatic heterocycles. The van der Waals surface area contributed by atoms with Gasteiger partial charge < -0.3 is 10.5 Å². The molecule has 17 heavy (non-hydrogen) atoms. The van der Waals surface area contributed by atoms with Crippen LogP contribution in [0, 0.1) is 0 Å². The maximum absolute atomic E-state index is 11.4. The molecule has 0 saturated heterocycles. The van der Waals surface area contributed by atoms with E-state index in [9.17, 15) is 14.4 Å². The van der Waals surface area contributed by atoms with Crippen molar-refractivity contribution in [1.29, 1.82) is 0 Å². The lowest BCUT2D eigenvalue weighted by atomic mass is 10.0. The van der Waals surface area contributed by atoms with E-state index in [4.69, 9.17) is 10.5 Å². The number of methoxy groups -OCH3 is 1. The molecule has 0 heterocycles. The van der Waals surface area contributed by atoms with Crippen LogP contribution in [0.25, 0.3) is 0 Å². The summed E-state index contributed by atoms with van der Waals surface area (Å²) in [6.45, 7) is 1.89. The fourth-order valence-electron chi connectivity index (χ4n) is 1.27. The first kappa shape index (κ1) is 15.8. The molecule has 0 aromatic carbocycles. The summed E-state index contributed by atoms with van der Waals surface area (Å²) in [5.41, 5.74) is 4.92. The van der Waals surface area contributed by atoms with Gasteiger partial charge in [0.05, 0.1) is 6.10 Å². The maximum Gasteiger partial charge on any atom is 0.217 e. The molecule has 2 N–H and O–H groups in total. The molecule has 0 fully saturated rings. The Hall–Kier alpha value is -1.23. The normalized spacial score (nSPS) is 12.1. The Bertz CT molecular complexity index is 276. The van der Waals surface area contributed by atoms with Gasteiger partial charge in [-0.2, -0.15) is 0 Å². The average molecular weight is 243 g/mol. The quantitative estimate of drug-likeness (QED) is 0.619. The highest BCUT2D eigenvalue weighted by Crippen LogP contribution is 2.06. The molecule has 0 saturated carbocycles. The van der Waals surface area contributed by atoms with E-state index < -0.39 is 5.91 Å². The van der Waals surface area contributed by atoms with Crippen molar-refractivity contribution < 1.29 is 19.1 Å². The molecule has 0 aromatic heterocycles. The van der Waals surface area contributed by atoms with E-state index in [1.54, 1.807) is 7.11 Å². The van der Waals surface area contributed by atoms with Crippen LogP contribution in [0.3, 0.4) is 0 Å². The molecule has 0 spiro atoms. The summed E-state index contributed by atoms with van der Waals surface area (Å²) >= 11 is 0. The lowest BCUT2D eigenvalue weighted by Gasteiger charge is -2.07. The lowest BCUT2D eigenvalue weighted by molar-refractivity contribution is -0.126. The minimum atomic E-state index is -0.487. The molecule has 0 aliphatic carbocycles. The SMILES string of the molecule is COC(C)CCC(=O)CCC(=O)CCC(N)=O. The third-order valence-corrected chi connectivity index (χ3v) is 2.56. The Balaban J connectivity index is 3.62. The molecule has 0 rings (SSSR count). The Kier molecular flexibility index (Phi) is 8.23. The van der Waals surface area contributed by atoms with Crippen molar-refractivity contribution in [1.82, 2.24) is 0 Å². The zero-order valence-corrected chi connectivity index (χ0v) is 10.5. The van der Waals surface area contributed by atoms with Gasteiger partial charge in [-0.1, -0.05) is 0 Å². The van der Waals surface area contributed by atoms with Crippen LogP contribution in [0.4, 0.5) is 0 Å². The van der Waals surface area contributed by atoms with Crippen molar-refractivity contribution in [2.75, 3.05) is 7.11 Å². The molecule has 5 heteroatoms. The number of Topliss-reactive ketones (excluding diaryl/α,β-unsaturated/α-hetero) is 2. The lowest BCUT2D eigenvalue weighted by Crippen LogP contribution is -2.13. The van der Waals surface area contributed by atoms with Crippen LogP contribution in [0.1, 0.15) is 45.4 Å². The van der Waals surface area contributed by atoms with Crippen LogP contribution in [0.5, 0.6) is 0 Å². The Morgan fingerprint density at radius 2 is 1.47 bits per heavy atom. The van der Waals surface area contributed by atoms with Crippen LogP contribution in [0.15, 0.2) is 0 Å². The maximum atomic E-state index is 11.4. The Labute approximate surface area is 102 Å². The Morgan fingerprint density at radius 3 is 1.94 bits per heavy atom. The highest BCUT2D eigenvalue weighted by Gasteiger charge is 2.09. The first-order valence-corrected chi connectivity index (χ1v) is 5.80. The van der Waals surface area contributed by atoms with Gasteiger partial charge in [0.1, 0.15) is 11.6 Å². The smallest absolute Gasteiger partial charge is 0.217 e. The van der Waals surface area contributed by atoms with E-state index in [1.165, 1.54) is 0 Å². The number of ketones is 2. The highest BCUT2D eigenvalue weighted by molar-refractivity contribution is 5.88. The summed E-state index contributed by atoms with van der Waals surface area (Å²) in [4.78, 5) is 33.1. The number of carbonyl (C=O) groups excluding carboxylic acids is 3. The van der Waals surface area contributed by atoms with Crippen LogP contribution in [-0.2, 0) is 19.1 Å². The third kappa shape index (κ3) is 9.68. The number of nitrogens with two attached hydrogens (primary N) is 1. The molecule has 0 aromatic rings. The van der Waals surface area contributed by atoms with Crippen LogP contribution in [-0.4, -0.2) is 30.7 Å². The van der Waals surface area contributed by atoms with E-state index in [-0.39, 0.29) is 43.4 Å². The first-order chi connectivity index (χ1) is 7.95. The van der Waals surface area contributed by atoms with Gasteiger partial charge in [0.15, 0.2) is 0 Å². The summed E-state index contributed by atoms with van der Waals surface area (Å²) in [6, 6.07) is 0. The summed E-state index contributed by atoms with van der Waals surface area (Å²) in [5, 5.41) is 0. The molecule has 0 radical (unpaired) electrons. The van der Waals surface area contributed by atoms with Crippen molar-refractivity contribution in [3.05, 3.63) is 0 Å². The van der Waals surface area contributed by atoms with Gasteiger partial charge in [-0.05, 0) is 13.3 Å². The molecule has 0 bridgehead atoms. The second kappa shape index (κ2) is 8.87. The summed E-state index contributed by atoms with van der Waals surface area (Å²) < 4.78 is 5.02. The highest BCUT2D eigenvalue weighted by atomic mass is 16.5. The molecular formula is C12H21NO4. The first-order valence-electron chi connectivity index (χ1n) is 5.80. The largest absolute Gasteiger partial charge is 0.382 e. The molecular weight excluding hydrogens is 222 g/mol. The second-order valence-electron chi connectivity index (χ2n) is 4.13. The number of hydrogen-bond donors (Lipinski definition) is 1. The molecule has 1 atom stereocenters. The fourth-order valence-corrected chi connectivity index (χ4v) is 1.27. The van der Waals surface area contributed by atoms with Gasteiger partial charge in [-0.15, -0.1) is 0 Å². The van der Waals surface area contributed by atoms with Crippen LogP contribution in [0.2, 0.25) is 0 Å². The van der Waals surface area contributed by atoms with Crippen molar-refractivity contribution in [3.63, 3.8) is 0 Å². The average Bonchev–Trinajstić information content (AvgIpc) is 2.30. The predicted molar refractivity (Wildman–Crippen MR) is 63.4 cm³/mol. The van der Waals surface area contributed by atoms with Gasteiger partial charge in [-0.3, -0.25) is 14.4 Å². The number of amides is 1. The predicted octanol–water partition coefficient (Wildman–Crippen LogP) is 0.985. The second-order valence-corrected chi connectivity index (χ2v) is 4.13. The minimum Gasteiger partial charge on any atom is -0.382 e. The number of rotatable bonds is 10. The molecule has 98 valence electrons. The van der Waals surface area contributed by atoms with Gasteiger partial charge in [0.2, 0.25) is 5.91 Å². The zero-order valence-electron chi connectivity index (χ0n) is 10.5. The van der Waals surface area contributed by atoms with E-state index in [2.05, 4.69) is 0 Å². The van der Waals surface area contributed by atoms with Gasteiger partial charge >= 0.3 is 0 Å². The number of hydrogen-bond acceptors (Lipinski definition) is 4. The van der Waals surface area contributed by atoms with Gasteiger partial charge in [0.25, 0.3) is 0 Å². The van der Waals surface area contributed by atoms with Crippen LogP contribution >= 0.6 is 0 Å². The Morgan fingerprint density at radius 1 is 1.00 bits per heavy atom. The molecule has 1 unspecified atom stereocenters. The number of carbonyl (C=O) groups is 3. The molecule has 0 aliphatic rings. The zero-order chi connectivity index (χ0) is 13.3. The standard InChI is InChI=1S/C12H21NO4/c1-9(17-2)3-4-10(14)5-6-11(15)7-8-12(13)16/h9H,3-8H2,1-2H3,(H2,13,16). The van der Waals surface area contributed by atoms with E-state index in [1.807, 2.05) is 6.92 Å². The van der Waals surface area contributed by atoms with E-state index >= 15 is 0 Å². The summed E-state index contributed by atoms with van der Waals surface area (Å²) in [7, 11) is 1.60. The van der Waals surface area contributed by atoms with Gasteiger partial charge in [-0.25, -0.2) is 0 Å². The molecule has 1 amide bonds. The topological polar surface area (TPSA) is 86.5 Å². The summed E-state index contributed by atoms with van der Waals surface area (Å²) in [5.74, 6) is -0.517. The van der Waals surface area contributed by atoms with Crippen molar-refractivity contribution in [2.45, 2.75) is 51.6 Å². The number of ether oxygens (including phenoxy) is 1. The van der Waals surface area contributed by atoms with Crippen molar-refractivity contribution in [2.24, 2.45) is 5.73 Å². The van der Waals surface area contributed by atoms with Crippen molar-refractivity contribution in [3.8, 4) is 0 Å². The molecule has 5 nitrogen and oxygen atoms in total. The van der Waals surface area contributed by atoms with E-state index in [0.717, 1.165) is 0 Å². The van der Waals surface area contributed by atoms with Gasteiger partial charge in [0, 0.05) is 39.2 Å².